The molecule has 0 aromatic heterocycles. The average Bonchev–Trinajstić information content (AvgIpc) is 3.20. The topological polar surface area (TPSA) is 59.6 Å². The van der Waals surface area contributed by atoms with Crippen molar-refractivity contribution >= 4 is 18.3 Å². The van der Waals surface area contributed by atoms with Crippen LogP contribution in [0.1, 0.15) is 27.9 Å². The van der Waals surface area contributed by atoms with Crippen LogP contribution in [0, 0.1) is 5.92 Å². The molecule has 2 aromatic carbocycles. The maximum atomic E-state index is 12.7. The zero-order valence-electron chi connectivity index (χ0n) is 16.3. The molecule has 0 aliphatic carbocycles. The number of amides is 1. The Morgan fingerprint density at radius 3 is 2.82 bits per heavy atom. The molecule has 2 N–H and O–H groups in total. The molecule has 0 spiro atoms. The third-order valence-electron chi connectivity index (χ3n) is 4.84. The zero-order valence-corrected chi connectivity index (χ0v) is 17.1. The highest BCUT2D eigenvalue weighted by atomic mass is 35.5. The van der Waals surface area contributed by atoms with Crippen LogP contribution in [-0.4, -0.2) is 39.3 Å². The molecule has 152 valence electrons. The number of rotatable bonds is 9. The van der Waals surface area contributed by atoms with E-state index < -0.39 is 0 Å². The maximum Gasteiger partial charge on any atom is 0.251 e. The number of ether oxygens (including phenoxy) is 2. The fourth-order valence-electron chi connectivity index (χ4n) is 3.39. The van der Waals surface area contributed by atoms with Gasteiger partial charge in [-0.1, -0.05) is 30.3 Å². The third kappa shape index (κ3) is 6.51. The van der Waals surface area contributed by atoms with E-state index in [-0.39, 0.29) is 18.3 Å². The quantitative estimate of drug-likeness (QED) is 0.630. The van der Waals surface area contributed by atoms with Gasteiger partial charge in [0, 0.05) is 19.2 Å². The predicted octanol–water partition coefficient (Wildman–Crippen LogP) is 3.22. The fraction of sp³-hybridized carbons (Fsp3) is 0.409. The van der Waals surface area contributed by atoms with Crippen molar-refractivity contribution < 1.29 is 14.3 Å². The van der Waals surface area contributed by atoms with Gasteiger partial charge in [0.05, 0.1) is 6.61 Å². The van der Waals surface area contributed by atoms with Gasteiger partial charge in [-0.05, 0) is 61.2 Å². The van der Waals surface area contributed by atoms with Crippen LogP contribution in [-0.2, 0) is 17.7 Å². The molecule has 1 amide bonds. The van der Waals surface area contributed by atoms with Gasteiger partial charge < -0.3 is 20.1 Å². The second kappa shape index (κ2) is 11.7. The average molecular weight is 405 g/mol. The Hall–Kier alpha value is -2.08. The van der Waals surface area contributed by atoms with Crippen LogP contribution < -0.4 is 15.4 Å². The van der Waals surface area contributed by atoms with Crippen molar-refractivity contribution in [3.8, 4) is 5.75 Å². The molecule has 0 saturated carbocycles. The number of carbonyl (C=O) groups excluding carboxylic acids is 1. The molecular weight excluding hydrogens is 376 g/mol. The van der Waals surface area contributed by atoms with Crippen molar-refractivity contribution in [1.29, 1.82) is 0 Å². The van der Waals surface area contributed by atoms with E-state index in [9.17, 15) is 4.79 Å². The standard InChI is InChI=1S/C22H28N2O3.ClH/c1-26-11-12-27-20-7-4-5-17(14-20)16-24-22(25)21-8-3-2-6-19(21)13-18-9-10-23-15-18;/h2-8,14,18,23H,9-13,15-16H2,1H3,(H,24,25);1H. The largest absolute Gasteiger partial charge is 0.491 e. The number of hydrogen-bond acceptors (Lipinski definition) is 4. The molecule has 1 atom stereocenters. The predicted molar refractivity (Wildman–Crippen MR) is 113 cm³/mol. The van der Waals surface area contributed by atoms with Crippen molar-refractivity contribution in [2.24, 2.45) is 5.92 Å². The normalized spacial score (nSPS) is 15.7. The lowest BCUT2D eigenvalue weighted by Gasteiger charge is -2.14. The van der Waals surface area contributed by atoms with Gasteiger partial charge >= 0.3 is 0 Å². The summed E-state index contributed by atoms with van der Waals surface area (Å²) < 4.78 is 10.6. The zero-order chi connectivity index (χ0) is 18.9. The number of methoxy groups -OCH3 is 1. The third-order valence-corrected chi connectivity index (χ3v) is 4.84. The number of hydrogen-bond donors (Lipinski definition) is 2. The first kappa shape index (κ1) is 22.2. The smallest absolute Gasteiger partial charge is 0.251 e. The molecule has 0 radical (unpaired) electrons. The summed E-state index contributed by atoms with van der Waals surface area (Å²) in [5, 5.41) is 6.43. The van der Waals surface area contributed by atoms with Crippen LogP contribution in [0.15, 0.2) is 48.5 Å². The number of carbonyl (C=O) groups is 1. The molecule has 5 nitrogen and oxygen atoms in total. The van der Waals surface area contributed by atoms with Gasteiger partial charge in [-0.3, -0.25) is 4.79 Å². The minimum Gasteiger partial charge on any atom is -0.491 e. The Bertz CT molecular complexity index is 748. The van der Waals surface area contributed by atoms with Crippen molar-refractivity contribution in [3.63, 3.8) is 0 Å². The van der Waals surface area contributed by atoms with Gasteiger partial charge in [-0.25, -0.2) is 0 Å². The van der Waals surface area contributed by atoms with Crippen LogP contribution in [0.4, 0.5) is 0 Å². The monoisotopic (exact) mass is 404 g/mol. The highest BCUT2D eigenvalue weighted by Crippen LogP contribution is 2.19. The van der Waals surface area contributed by atoms with Crippen molar-refractivity contribution in [2.45, 2.75) is 19.4 Å². The molecule has 0 bridgehead atoms. The van der Waals surface area contributed by atoms with Crippen LogP contribution >= 0.6 is 12.4 Å². The van der Waals surface area contributed by atoms with Crippen molar-refractivity contribution in [1.82, 2.24) is 10.6 Å². The molecule has 28 heavy (non-hydrogen) atoms. The van der Waals surface area contributed by atoms with Crippen molar-refractivity contribution in [2.75, 3.05) is 33.4 Å². The van der Waals surface area contributed by atoms with E-state index in [1.165, 1.54) is 6.42 Å². The second-order valence-electron chi connectivity index (χ2n) is 6.89. The molecule has 6 heteroatoms. The van der Waals surface area contributed by atoms with Gasteiger partial charge in [0.1, 0.15) is 12.4 Å². The van der Waals surface area contributed by atoms with Crippen LogP contribution in [0.5, 0.6) is 5.75 Å². The minimum absolute atomic E-state index is 0. The first-order valence-corrected chi connectivity index (χ1v) is 9.54. The SMILES string of the molecule is COCCOc1cccc(CNC(=O)c2ccccc2CC2CCNC2)c1.Cl. The molecule has 2 aromatic rings. The Morgan fingerprint density at radius 2 is 2.04 bits per heavy atom. The lowest BCUT2D eigenvalue weighted by atomic mass is 9.94. The molecule has 1 unspecified atom stereocenters. The van der Waals surface area contributed by atoms with Gasteiger partial charge in [-0.2, -0.15) is 0 Å². The second-order valence-corrected chi connectivity index (χ2v) is 6.89. The van der Waals surface area contributed by atoms with E-state index in [1.807, 2.05) is 42.5 Å². The van der Waals surface area contributed by atoms with Gasteiger partial charge in [0.2, 0.25) is 0 Å². The van der Waals surface area contributed by atoms with E-state index in [4.69, 9.17) is 9.47 Å². The van der Waals surface area contributed by atoms with E-state index in [0.29, 0.717) is 25.7 Å². The lowest BCUT2D eigenvalue weighted by molar-refractivity contribution is 0.0949. The summed E-state index contributed by atoms with van der Waals surface area (Å²) in [6.07, 6.45) is 2.12. The fourth-order valence-corrected chi connectivity index (χ4v) is 3.39. The number of benzene rings is 2. The summed E-state index contributed by atoms with van der Waals surface area (Å²) in [5.74, 6) is 1.37. The summed E-state index contributed by atoms with van der Waals surface area (Å²) in [4.78, 5) is 12.7. The Morgan fingerprint density at radius 1 is 1.18 bits per heavy atom. The van der Waals surface area contributed by atoms with E-state index in [0.717, 1.165) is 42.0 Å². The van der Waals surface area contributed by atoms with Gasteiger partial charge in [0.25, 0.3) is 5.91 Å². The molecular formula is C22H29ClN2O3. The maximum absolute atomic E-state index is 12.7. The van der Waals surface area contributed by atoms with Crippen LogP contribution in [0.25, 0.3) is 0 Å². The Kier molecular flexibility index (Phi) is 9.28. The summed E-state index contributed by atoms with van der Waals surface area (Å²) in [7, 11) is 1.65. The molecule has 1 aliphatic rings. The van der Waals surface area contributed by atoms with Crippen LogP contribution in [0.2, 0.25) is 0 Å². The Balaban J connectivity index is 0.00000280. The Labute approximate surface area is 173 Å². The first-order valence-electron chi connectivity index (χ1n) is 9.54. The van der Waals surface area contributed by atoms with Gasteiger partial charge in [-0.15, -0.1) is 12.4 Å². The summed E-state index contributed by atoms with van der Waals surface area (Å²) in [6.45, 7) is 3.64. The van der Waals surface area contributed by atoms with E-state index >= 15 is 0 Å². The molecule has 1 heterocycles. The highest BCUT2D eigenvalue weighted by Gasteiger charge is 2.18. The minimum atomic E-state index is -0.0257. The molecule has 1 aliphatic heterocycles. The summed E-state index contributed by atoms with van der Waals surface area (Å²) in [6, 6.07) is 15.7. The molecule has 1 saturated heterocycles. The number of nitrogens with one attached hydrogen (secondary N) is 2. The summed E-state index contributed by atoms with van der Waals surface area (Å²) in [5.41, 5.74) is 2.91. The van der Waals surface area contributed by atoms with E-state index in [1.54, 1.807) is 7.11 Å². The van der Waals surface area contributed by atoms with Gasteiger partial charge in [0.15, 0.2) is 0 Å². The molecule has 3 rings (SSSR count). The van der Waals surface area contributed by atoms with Crippen molar-refractivity contribution in [3.05, 3.63) is 65.2 Å². The number of halogens is 1. The van der Waals surface area contributed by atoms with Crippen LogP contribution in [0.3, 0.4) is 0 Å². The first-order chi connectivity index (χ1) is 13.3. The summed E-state index contributed by atoms with van der Waals surface area (Å²) >= 11 is 0. The van der Waals surface area contributed by atoms with E-state index in [2.05, 4.69) is 16.7 Å². The highest BCUT2D eigenvalue weighted by molar-refractivity contribution is 5.95. The molecule has 1 fully saturated rings. The lowest BCUT2D eigenvalue weighted by Crippen LogP contribution is -2.24.